The second-order valence-electron chi connectivity index (χ2n) is 7.88. The highest BCUT2D eigenvalue weighted by Crippen LogP contribution is 2.34. The molecule has 9 heteroatoms. The SMILES string of the molecule is O=C(O)CCSCC(=O)Nc1ccc(CN2c3ccccc3NC(=O)C2Cc2cccs2)cc1. The second-order valence-corrected chi connectivity index (χ2v) is 10.0. The molecule has 1 atom stereocenters. The average Bonchev–Trinajstić information content (AvgIpc) is 3.33. The molecule has 0 aliphatic carbocycles. The Labute approximate surface area is 206 Å². The van der Waals surface area contributed by atoms with Crippen molar-refractivity contribution < 1.29 is 19.5 Å². The van der Waals surface area contributed by atoms with Crippen LogP contribution in [-0.4, -0.2) is 40.4 Å². The summed E-state index contributed by atoms with van der Waals surface area (Å²) in [6, 6.07) is 19.1. The lowest BCUT2D eigenvalue weighted by molar-refractivity contribution is -0.136. The first-order chi connectivity index (χ1) is 16.5. The van der Waals surface area contributed by atoms with Crippen molar-refractivity contribution in [2.75, 3.05) is 27.0 Å². The molecule has 1 unspecified atom stereocenters. The van der Waals surface area contributed by atoms with Crippen molar-refractivity contribution in [2.24, 2.45) is 0 Å². The maximum atomic E-state index is 13.0. The van der Waals surface area contributed by atoms with Crippen molar-refractivity contribution in [3.05, 3.63) is 76.5 Å². The molecule has 2 amide bonds. The summed E-state index contributed by atoms with van der Waals surface area (Å²) in [6.45, 7) is 0.555. The monoisotopic (exact) mass is 495 g/mol. The topological polar surface area (TPSA) is 98.7 Å². The normalized spacial score (nSPS) is 14.9. The molecule has 2 heterocycles. The molecular weight excluding hydrogens is 470 g/mol. The Kier molecular flexibility index (Phi) is 7.87. The zero-order valence-electron chi connectivity index (χ0n) is 18.4. The molecule has 0 saturated heterocycles. The molecule has 7 nitrogen and oxygen atoms in total. The van der Waals surface area contributed by atoms with Crippen LogP contribution in [0.25, 0.3) is 0 Å². The predicted molar refractivity (Wildman–Crippen MR) is 138 cm³/mol. The van der Waals surface area contributed by atoms with E-state index in [0.29, 0.717) is 24.4 Å². The van der Waals surface area contributed by atoms with E-state index in [1.54, 1.807) is 11.3 Å². The zero-order chi connectivity index (χ0) is 23.9. The van der Waals surface area contributed by atoms with E-state index < -0.39 is 5.97 Å². The lowest BCUT2D eigenvalue weighted by atomic mass is 10.0. The number of carbonyl (C=O) groups is 3. The smallest absolute Gasteiger partial charge is 0.304 e. The Morgan fingerprint density at radius 3 is 2.62 bits per heavy atom. The first-order valence-electron chi connectivity index (χ1n) is 10.9. The van der Waals surface area contributed by atoms with Gasteiger partial charge in [0, 0.05) is 29.3 Å². The van der Waals surface area contributed by atoms with Crippen molar-refractivity contribution in [3.8, 4) is 0 Å². The number of thiophene rings is 1. The van der Waals surface area contributed by atoms with E-state index in [4.69, 9.17) is 5.11 Å². The summed E-state index contributed by atoms with van der Waals surface area (Å²) in [4.78, 5) is 38.9. The van der Waals surface area contributed by atoms with Crippen LogP contribution in [0.2, 0.25) is 0 Å². The van der Waals surface area contributed by atoms with Crippen LogP contribution in [0.15, 0.2) is 66.0 Å². The van der Waals surface area contributed by atoms with Crippen molar-refractivity contribution in [1.29, 1.82) is 0 Å². The molecule has 1 aromatic heterocycles. The maximum absolute atomic E-state index is 13.0. The minimum Gasteiger partial charge on any atom is -0.481 e. The summed E-state index contributed by atoms with van der Waals surface area (Å²) in [5.41, 5.74) is 3.49. The molecule has 3 aromatic rings. The van der Waals surface area contributed by atoms with Gasteiger partial charge in [0.2, 0.25) is 11.8 Å². The van der Waals surface area contributed by atoms with Crippen LogP contribution in [0, 0.1) is 0 Å². The molecule has 34 heavy (non-hydrogen) atoms. The third-order valence-electron chi connectivity index (χ3n) is 5.41. The van der Waals surface area contributed by atoms with Gasteiger partial charge in [-0.05, 0) is 41.3 Å². The molecule has 4 rings (SSSR count). The third-order valence-corrected chi connectivity index (χ3v) is 7.27. The Balaban J connectivity index is 1.43. The number of carboxylic acids is 1. The maximum Gasteiger partial charge on any atom is 0.304 e. The molecule has 3 N–H and O–H groups in total. The van der Waals surface area contributed by atoms with Crippen LogP contribution >= 0.6 is 23.1 Å². The van der Waals surface area contributed by atoms with Gasteiger partial charge in [0.05, 0.1) is 23.5 Å². The average molecular weight is 496 g/mol. The number of anilines is 3. The summed E-state index contributed by atoms with van der Waals surface area (Å²) < 4.78 is 0. The molecule has 0 spiro atoms. The van der Waals surface area contributed by atoms with Crippen LogP contribution in [0.3, 0.4) is 0 Å². The molecule has 0 radical (unpaired) electrons. The number of amides is 2. The Morgan fingerprint density at radius 2 is 1.88 bits per heavy atom. The number of nitrogens with one attached hydrogen (secondary N) is 2. The number of thioether (sulfide) groups is 1. The summed E-state index contributed by atoms with van der Waals surface area (Å²) in [5.74, 6) is -0.440. The van der Waals surface area contributed by atoms with Crippen LogP contribution < -0.4 is 15.5 Å². The standard InChI is InChI=1S/C25H25N3O4S2/c29-23(16-33-13-11-24(30)31)26-18-9-7-17(8-10-18)15-28-21-6-2-1-5-20(21)27-25(32)22(28)14-19-4-3-12-34-19/h1-10,12,22H,11,13-16H2,(H,26,29)(H,27,32)(H,30,31). The van der Waals surface area contributed by atoms with Crippen molar-refractivity contribution in [1.82, 2.24) is 0 Å². The van der Waals surface area contributed by atoms with Gasteiger partial charge in [-0.15, -0.1) is 11.3 Å². The molecule has 1 aliphatic rings. The van der Waals surface area contributed by atoms with E-state index in [9.17, 15) is 14.4 Å². The van der Waals surface area contributed by atoms with E-state index in [2.05, 4.69) is 15.5 Å². The highest BCUT2D eigenvalue weighted by atomic mass is 32.2. The molecule has 2 aromatic carbocycles. The van der Waals surface area contributed by atoms with Crippen LogP contribution in [0.1, 0.15) is 16.9 Å². The first kappa shape index (κ1) is 23.8. The van der Waals surface area contributed by atoms with Gasteiger partial charge < -0.3 is 20.6 Å². The number of benzene rings is 2. The van der Waals surface area contributed by atoms with Gasteiger partial charge in [0.15, 0.2) is 0 Å². The van der Waals surface area contributed by atoms with Gasteiger partial charge in [-0.25, -0.2) is 0 Å². The second kappa shape index (κ2) is 11.2. The highest BCUT2D eigenvalue weighted by molar-refractivity contribution is 7.99. The number of hydrogen-bond acceptors (Lipinski definition) is 6. The number of hydrogen-bond donors (Lipinski definition) is 3. The Bertz CT molecular complexity index is 1150. The molecular formula is C25H25N3O4S2. The van der Waals surface area contributed by atoms with E-state index in [0.717, 1.165) is 21.8 Å². The fourth-order valence-electron chi connectivity index (χ4n) is 3.78. The number of carboxylic acid groups (broad SMARTS) is 1. The highest BCUT2D eigenvalue weighted by Gasteiger charge is 2.33. The van der Waals surface area contributed by atoms with E-state index in [1.807, 2.05) is 66.0 Å². The number of fused-ring (bicyclic) bond motifs is 1. The summed E-state index contributed by atoms with van der Waals surface area (Å²) in [5, 5.41) is 16.6. The number of aliphatic carboxylic acids is 1. The van der Waals surface area contributed by atoms with E-state index in [1.165, 1.54) is 11.8 Å². The largest absolute Gasteiger partial charge is 0.481 e. The van der Waals surface area contributed by atoms with Crippen LogP contribution in [-0.2, 0) is 27.3 Å². The predicted octanol–water partition coefficient (Wildman–Crippen LogP) is 4.46. The van der Waals surface area contributed by atoms with Crippen molar-refractivity contribution in [2.45, 2.75) is 25.4 Å². The van der Waals surface area contributed by atoms with Crippen LogP contribution in [0.4, 0.5) is 17.1 Å². The summed E-state index contributed by atoms with van der Waals surface area (Å²) >= 11 is 2.94. The number of rotatable bonds is 10. The number of carbonyl (C=O) groups excluding carboxylic acids is 2. The van der Waals surface area contributed by atoms with Gasteiger partial charge in [0.1, 0.15) is 6.04 Å². The van der Waals surface area contributed by atoms with Gasteiger partial charge in [-0.1, -0.05) is 30.3 Å². The van der Waals surface area contributed by atoms with E-state index >= 15 is 0 Å². The van der Waals surface area contributed by atoms with Crippen molar-refractivity contribution in [3.63, 3.8) is 0 Å². The number of nitrogens with zero attached hydrogens (tertiary/aromatic N) is 1. The van der Waals surface area contributed by atoms with Gasteiger partial charge >= 0.3 is 5.97 Å². The summed E-state index contributed by atoms with van der Waals surface area (Å²) in [6.07, 6.45) is 0.670. The van der Waals surface area contributed by atoms with Gasteiger partial charge in [-0.2, -0.15) is 11.8 Å². The molecule has 176 valence electrons. The quantitative estimate of drug-likeness (QED) is 0.359. The number of para-hydroxylation sites is 2. The minimum atomic E-state index is -0.866. The van der Waals surface area contributed by atoms with Gasteiger partial charge in [0.25, 0.3) is 0 Å². The van der Waals surface area contributed by atoms with Crippen molar-refractivity contribution >= 4 is 57.9 Å². The fourth-order valence-corrected chi connectivity index (χ4v) is 5.25. The molecule has 0 fully saturated rings. The first-order valence-corrected chi connectivity index (χ1v) is 12.9. The Hall–Kier alpha value is -3.30. The Morgan fingerprint density at radius 1 is 1.09 bits per heavy atom. The fraction of sp³-hybridized carbons (Fsp3) is 0.240. The third kappa shape index (κ3) is 6.18. The molecule has 1 aliphatic heterocycles. The lowest BCUT2D eigenvalue weighted by Gasteiger charge is -2.38. The van der Waals surface area contributed by atoms with Gasteiger partial charge in [-0.3, -0.25) is 14.4 Å². The van der Waals surface area contributed by atoms with Crippen LogP contribution in [0.5, 0.6) is 0 Å². The summed E-state index contributed by atoms with van der Waals surface area (Å²) in [7, 11) is 0. The minimum absolute atomic E-state index is 0.0172. The molecule has 0 saturated carbocycles. The van der Waals surface area contributed by atoms with E-state index in [-0.39, 0.29) is 30.0 Å². The molecule has 0 bridgehead atoms. The zero-order valence-corrected chi connectivity index (χ0v) is 20.0. The lowest BCUT2D eigenvalue weighted by Crippen LogP contribution is -2.48.